The second-order valence-electron chi connectivity index (χ2n) is 4.76. The average Bonchev–Trinajstić information content (AvgIpc) is 3.21. The topological polar surface area (TPSA) is 54.9 Å². The predicted octanol–water partition coefficient (Wildman–Crippen LogP) is 2.54. The second kappa shape index (κ2) is 5.09. The fourth-order valence-corrected chi connectivity index (χ4v) is 2.85. The van der Waals surface area contributed by atoms with Crippen LogP contribution in [0.1, 0.15) is 23.4 Å². The van der Waals surface area contributed by atoms with E-state index in [1.165, 1.54) is 0 Å². The van der Waals surface area contributed by atoms with Gasteiger partial charge in [-0.1, -0.05) is 0 Å². The van der Waals surface area contributed by atoms with Crippen molar-refractivity contribution in [1.82, 2.24) is 15.3 Å². The number of carbonyl (C=O) groups excluding carboxylic acids is 1. The first-order chi connectivity index (χ1) is 9.24. The maximum Gasteiger partial charge on any atom is 0.223 e. The van der Waals surface area contributed by atoms with E-state index in [9.17, 15) is 4.79 Å². The van der Waals surface area contributed by atoms with Gasteiger partial charge in [0.15, 0.2) is 0 Å². The normalized spacial score (nSPS) is 14.4. The molecule has 0 aliphatic heterocycles. The molecule has 3 rings (SSSR count). The quantitative estimate of drug-likeness (QED) is 0.931. The third kappa shape index (κ3) is 2.81. The molecule has 1 fully saturated rings. The molecule has 1 N–H and O–H groups in total. The number of rotatable bonds is 4. The fraction of sp³-hybridized carbons (Fsp3) is 0.357. The number of nitrogens with one attached hydrogen (secondary N) is 1. The molecule has 0 atom stereocenters. The molecule has 2 aromatic rings. The summed E-state index contributed by atoms with van der Waals surface area (Å²) in [5, 5.41) is 3.94. The first-order valence-corrected chi connectivity index (χ1v) is 7.20. The lowest BCUT2D eigenvalue weighted by molar-refractivity contribution is -0.122. The van der Waals surface area contributed by atoms with Crippen molar-refractivity contribution in [2.24, 2.45) is 5.92 Å². The largest absolute Gasteiger partial charge is 0.351 e. The van der Waals surface area contributed by atoms with Gasteiger partial charge in [-0.05, 0) is 31.9 Å². The molecule has 1 saturated carbocycles. The van der Waals surface area contributed by atoms with Crippen LogP contribution in [0.5, 0.6) is 0 Å². The van der Waals surface area contributed by atoms with E-state index in [4.69, 9.17) is 0 Å². The lowest BCUT2D eigenvalue weighted by Gasteiger charge is -2.01. The van der Waals surface area contributed by atoms with Crippen LogP contribution in [-0.4, -0.2) is 15.9 Å². The monoisotopic (exact) mass is 273 g/mol. The minimum Gasteiger partial charge on any atom is -0.351 e. The highest BCUT2D eigenvalue weighted by Crippen LogP contribution is 2.30. The van der Waals surface area contributed by atoms with Crippen molar-refractivity contribution in [3.8, 4) is 10.6 Å². The first kappa shape index (κ1) is 12.3. The molecular weight excluding hydrogens is 258 g/mol. The fourth-order valence-electron chi connectivity index (χ4n) is 1.86. The zero-order valence-corrected chi connectivity index (χ0v) is 11.5. The molecule has 0 aromatic carbocycles. The van der Waals surface area contributed by atoms with Gasteiger partial charge in [0, 0.05) is 28.8 Å². The molecule has 0 saturated heterocycles. The number of nitrogens with zero attached hydrogens (tertiary/aromatic N) is 2. The van der Waals surface area contributed by atoms with Crippen molar-refractivity contribution in [3.05, 3.63) is 35.1 Å². The van der Waals surface area contributed by atoms with Crippen molar-refractivity contribution in [3.63, 3.8) is 0 Å². The van der Waals surface area contributed by atoms with Crippen molar-refractivity contribution >= 4 is 17.2 Å². The Balaban J connectivity index is 1.72. The van der Waals surface area contributed by atoms with E-state index < -0.39 is 0 Å². The number of carbonyl (C=O) groups is 1. The SMILES string of the molecule is Cc1nc(-c2cccnc2)sc1CNC(=O)C1CC1. The zero-order chi connectivity index (χ0) is 13.2. The number of aromatic nitrogens is 2. The molecule has 1 aliphatic carbocycles. The summed E-state index contributed by atoms with van der Waals surface area (Å²) in [6, 6.07) is 3.90. The molecule has 1 amide bonds. The molecular formula is C14H15N3OS. The number of amides is 1. The van der Waals surface area contributed by atoms with E-state index in [0.29, 0.717) is 6.54 Å². The maximum atomic E-state index is 11.6. The van der Waals surface area contributed by atoms with Crippen LogP contribution in [0.15, 0.2) is 24.5 Å². The van der Waals surface area contributed by atoms with E-state index in [1.807, 2.05) is 25.3 Å². The van der Waals surface area contributed by atoms with E-state index >= 15 is 0 Å². The first-order valence-electron chi connectivity index (χ1n) is 6.38. The van der Waals surface area contributed by atoms with Gasteiger partial charge >= 0.3 is 0 Å². The number of hydrogen-bond donors (Lipinski definition) is 1. The smallest absolute Gasteiger partial charge is 0.223 e. The van der Waals surface area contributed by atoms with E-state index in [2.05, 4.69) is 15.3 Å². The van der Waals surface area contributed by atoms with Gasteiger partial charge in [0.25, 0.3) is 0 Å². The van der Waals surface area contributed by atoms with Gasteiger partial charge < -0.3 is 5.32 Å². The Labute approximate surface area is 115 Å². The molecule has 2 aromatic heterocycles. The van der Waals surface area contributed by atoms with Crippen LogP contribution in [0.4, 0.5) is 0 Å². The summed E-state index contributed by atoms with van der Waals surface area (Å²) < 4.78 is 0. The van der Waals surface area contributed by atoms with Crippen molar-refractivity contribution in [2.75, 3.05) is 0 Å². The van der Waals surface area contributed by atoms with Crippen LogP contribution in [0, 0.1) is 12.8 Å². The van der Waals surface area contributed by atoms with Gasteiger partial charge in [-0.3, -0.25) is 9.78 Å². The Morgan fingerprint density at radius 3 is 3.05 bits per heavy atom. The molecule has 5 heteroatoms. The molecule has 0 spiro atoms. The van der Waals surface area contributed by atoms with Gasteiger partial charge in [0.1, 0.15) is 5.01 Å². The summed E-state index contributed by atoms with van der Waals surface area (Å²) in [5.74, 6) is 0.432. The number of aryl methyl sites for hydroxylation is 1. The summed E-state index contributed by atoms with van der Waals surface area (Å²) in [6.07, 6.45) is 5.63. The van der Waals surface area contributed by atoms with Crippen LogP contribution in [0.3, 0.4) is 0 Å². The molecule has 0 bridgehead atoms. The van der Waals surface area contributed by atoms with Gasteiger partial charge in [-0.15, -0.1) is 11.3 Å². The van der Waals surface area contributed by atoms with Crippen LogP contribution >= 0.6 is 11.3 Å². The van der Waals surface area contributed by atoms with Crippen LogP contribution in [0.2, 0.25) is 0 Å². The molecule has 0 radical (unpaired) electrons. The lowest BCUT2D eigenvalue weighted by atomic mass is 10.3. The molecule has 1 aliphatic rings. The Kier molecular flexibility index (Phi) is 3.29. The van der Waals surface area contributed by atoms with E-state index in [0.717, 1.165) is 34.0 Å². The van der Waals surface area contributed by atoms with Crippen molar-refractivity contribution in [2.45, 2.75) is 26.3 Å². The molecule has 19 heavy (non-hydrogen) atoms. The minimum atomic E-state index is 0.177. The van der Waals surface area contributed by atoms with Crippen LogP contribution < -0.4 is 5.32 Å². The Hall–Kier alpha value is -1.75. The van der Waals surface area contributed by atoms with Gasteiger partial charge in [-0.2, -0.15) is 0 Å². The van der Waals surface area contributed by atoms with Crippen molar-refractivity contribution in [1.29, 1.82) is 0 Å². The van der Waals surface area contributed by atoms with Gasteiger partial charge in [-0.25, -0.2) is 4.98 Å². The molecule has 98 valence electrons. The summed E-state index contributed by atoms with van der Waals surface area (Å²) in [7, 11) is 0. The Morgan fingerprint density at radius 1 is 1.53 bits per heavy atom. The van der Waals surface area contributed by atoms with Gasteiger partial charge in [0.05, 0.1) is 12.2 Å². The minimum absolute atomic E-state index is 0.177. The number of thiazole rings is 1. The summed E-state index contributed by atoms with van der Waals surface area (Å²) >= 11 is 1.62. The van der Waals surface area contributed by atoms with Crippen LogP contribution in [0.25, 0.3) is 10.6 Å². The molecule has 2 heterocycles. The summed E-state index contributed by atoms with van der Waals surface area (Å²) in [4.78, 5) is 21.4. The Bertz CT molecular complexity index is 590. The molecule has 4 nitrogen and oxygen atoms in total. The highest BCUT2D eigenvalue weighted by Gasteiger charge is 2.29. The van der Waals surface area contributed by atoms with Crippen LogP contribution in [-0.2, 0) is 11.3 Å². The standard InChI is InChI=1S/C14H15N3OS/c1-9-12(8-16-13(18)10-4-5-10)19-14(17-9)11-3-2-6-15-7-11/h2-3,6-7,10H,4-5,8H2,1H3,(H,16,18). The average molecular weight is 273 g/mol. The Morgan fingerprint density at radius 2 is 2.37 bits per heavy atom. The van der Waals surface area contributed by atoms with E-state index in [-0.39, 0.29) is 11.8 Å². The molecule has 0 unspecified atom stereocenters. The highest BCUT2D eigenvalue weighted by atomic mass is 32.1. The number of hydrogen-bond acceptors (Lipinski definition) is 4. The third-order valence-electron chi connectivity index (χ3n) is 3.17. The number of pyridine rings is 1. The highest BCUT2D eigenvalue weighted by molar-refractivity contribution is 7.15. The van der Waals surface area contributed by atoms with E-state index in [1.54, 1.807) is 17.5 Å². The third-order valence-corrected chi connectivity index (χ3v) is 4.38. The van der Waals surface area contributed by atoms with Gasteiger partial charge in [0.2, 0.25) is 5.91 Å². The predicted molar refractivity (Wildman–Crippen MR) is 74.7 cm³/mol. The summed E-state index contributed by atoms with van der Waals surface area (Å²) in [5.41, 5.74) is 2.01. The summed E-state index contributed by atoms with van der Waals surface area (Å²) in [6.45, 7) is 2.56. The lowest BCUT2D eigenvalue weighted by Crippen LogP contribution is -2.23. The second-order valence-corrected chi connectivity index (χ2v) is 5.85. The maximum absolute atomic E-state index is 11.6. The zero-order valence-electron chi connectivity index (χ0n) is 10.7. The van der Waals surface area contributed by atoms with Crippen molar-refractivity contribution < 1.29 is 4.79 Å².